The van der Waals surface area contributed by atoms with Crippen molar-refractivity contribution in [2.24, 2.45) is 0 Å². The summed E-state index contributed by atoms with van der Waals surface area (Å²) >= 11 is 0. The number of methoxy groups -OCH3 is 1. The van der Waals surface area contributed by atoms with E-state index in [2.05, 4.69) is 39.7 Å². The summed E-state index contributed by atoms with van der Waals surface area (Å²) in [6.45, 7) is 2.13. The average Bonchev–Trinajstić information content (AvgIpc) is 2.66. The zero-order valence-corrected chi connectivity index (χ0v) is 14.3. The number of benzene rings is 2. The molecule has 128 valence electrons. The number of ether oxygens (including phenoxy) is 1. The molecular formula is C19H21N5O. The van der Waals surface area contributed by atoms with Crippen LogP contribution < -0.4 is 21.1 Å². The van der Waals surface area contributed by atoms with Crippen molar-refractivity contribution in [2.75, 3.05) is 23.5 Å². The predicted octanol–water partition coefficient (Wildman–Crippen LogP) is 4.12. The van der Waals surface area contributed by atoms with Crippen LogP contribution in [0.1, 0.15) is 12.5 Å². The lowest BCUT2D eigenvalue weighted by Gasteiger charge is -2.13. The summed E-state index contributed by atoms with van der Waals surface area (Å²) in [5, 5.41) is 6.43. The number of anilines is 5. The van der Waals surface area contributed by atoms with Crippen LogP contribution in [0.25, 0.3) is 0 Å². The van der Waals surface area contributed by atoms with Crippen LogP contribution in [0.2, 0.25) is 0 Å². The second kappa shape index (κ2) is 7.53. The molecular weight excluding hydrogens is 314 g/mol. The van der Waals surface area contributed by atoms with E-state index in [1.165, 1.54) is 11.9 Å². The summed E-state index contributed by atoms with van der Waals surface area (Å²) in [6, 6.07) is 15.7. The molecule has 0 bridgehead atoms. The van der Waals surface area contributed by atoms with E-state index in [4.69, 9.17) is 10.5 Å². The van der Waals surface area contributed by atoms with E-state index >= 15 is 0 Å². The average molecular weight is 335 g/mol. The zero-order chi connectivity index (χ0) is 17.6. The van der Waals surface area contributed by atoms with Crippen molar-refractivity contribution in [3.8, 4) is 5.75 Å². The molecule has 3 aromatic rings. The Balaban J connectivity index is 1.81. The van der Waals surface area contributed by atoms with Crippen LogP contribution in [0.4, 0.5) is 28.7 Å². The number of hydrogen-bond donors (Lipinski definition) is 3. The fourth-order valence-corrected chi connectivity index (χ4v) is 2.39. The highest BCUT2D eigenvalue weighted by Gasteiger charge is 2.09. The topological polar surface area (TPSA) is 85.1 Å². The molecule has 1 heterocycles. The van der Waals surface area contributed by atoms with Gasteiger partial charge in [0, 0.05) is 17.4 Å². The molecule has 0 aliphatic rings. The van der Waals surface area contributed by atoms with E-state index in [9.17, 15) is 0 Å². The normalized spacial score (nSPS) is 10.3. The van der Waals surface area contributed by atoms with Crippen molar-refractivity contribution in [2.45, 2.75) is 13.3 Å². The first-order valence-electron chi connectivity index (χ1n) is 8.07. The van der Waals surface area contributed by atoms with Gasteiger partial charge in [-0.05, 0) is 36.2 Å². The molecule has 0 radical (unpaired) electrons. The van der Waals surface area contributed by atoms with Gasteiger partial charge in [0.2, 0.25) is 0 Å². The summed E-state index contributed by atoms with van der Waals surface area (Å²) in [6.07, 6.45) is 2.48. The van der Waals surface area contributed by atoms with Crippen LogP contribution in [0.5, 0.6) is 5.75 Å². The van der Waals surface area contributed by atoms with Gasteiger partial charge in [-0.2, -0.15) is 0 Å². The molecule has 25 heavy (non-hydrogen) atoms. The zero-order valence-electron chi connectivity index (χ0n) is 14.3. The molecule has 4 N–H and O–H groups in total. The Bertz CT molecular complexity index is 849. The highest BCUT2D eigenvalue weighted by atomic mass is 16.5. The van der Waals surface area contributed by atoms with Crippen LogP contribution in [0.3, 0.4) is 0 Å². The third kappa shape index (κ3) is 3.98. The maximum atomic E-state index is 6.22. The molecule has 1 aromatic heterocycles. The van der Waals surface area contributed by atoms with Gasteiger partial charge < -0.3 is 21.1 Å². The monoisotopic (exact) mass is 335 g/mol. The van der Waals surface area contributed by atoms with Crippen molar-refractivity contribution < 1.29 is 4.74 Å². The molecule has 2 aromatic carbocycles. The SMILES string of the molecule is CCc1ccc(Nc2ncnc(Nc3cccc(OC)c3)c2N)cc1. The smallest absolute Gasteiger partial charge is 0.159 e. The Morgan fingerprint density at radius 2 is 1.64 bits per heavy atom. The molecule has 0 fully saturated rings. The first kappa shape index (κ1) is 16.6. The maximum absolute atomic E-state index is 6.22. The molecule has 0 atom stereocenters. The maximum Gasteiger partial charge on any atom is 0.159 e. The van der Waals surface area contributed by atoms with Crippen molar-refractivity contribution in [3.05, 3.63) is 60.4 Å². The van der Waals surface area contributed by atoms with E-state index in [1.807, 2.05) is 36.4 Å². The van der Waals surface area contributed by atoms with Gasteiger partial charge in [-0.15, -0.1) is 0 Å². The van der Waals surface area contributed by atoms with E-state index in [-0.39, 0.29) is 0 Å². The van der Waals surface area contributed by atoms with Crippen LogP contribution in [-0.4, -0.2) is 17.1 Å². The quantitative estimate of drug-likeness (QED) is 0.628. The lowest BCUT2D eigenvalue weighted by Crippen LogP contribution is -2.05. The first-order chi connectivity index (χ1) is 12.2. The van der Waals surface area contributed by atoms with Crippen molar-refractivity contribution in [1.82, 2.24) is 9.97 Å². The minimum atomic E-state index is 0.449. The molecule has 6 heteroatoms. The van der Waals surface area contributed by atoms with E-state index in [0.29, 0.717) is 17.3 Å². The predicted molar refractivity (Wildman–Crippen MR) is 102 cm³/mol. The number of nitrogens with zero attached hydrogens (tertiary/aromatic N) is 2. The molecule has 0 saturated carbocycles. The van der Waals surface area contributed by atoms with Crippen molar-refractivity contribution in [3.63, 3.8) is 0 Å². The number of rotatable bonds is 6. The third-order valence-corrected chi connectivity index (χ3v) is 3.84. The molecule has 6 nitrogen and oxygen atoms in total. The van der Waals surface area contributed by atoms with Gasteiger partial charge in [0.25, 0.3) is 0 Å². The summed E-state index contributed by atoms with van der Waals surface area (Å²) < 4.78 is 5.23. The van der Waals surface area contributed by atoms with Gasteiger partial charge in [0.05, 0.1) is 7.11 Å². The molecule has 0 unspecified atom stereocenters. The first-order valence-corrected chi connectivity index (χ1v) is 8.07. The summed E-state index contributed by atoms with van der Waals surface area (Å²) in [5.41, 5.74) is 9.71. The lowest BCUT2D eigenvalue weighted by molar-refractivity contribution is 0.415. The number of nitrogen functional groups attached to an aromatic ring is 1. The highest BCUT2D eigenvalue weighted by Crippen LogP contribution is 2.29. The Labute approximate surface area is 147 Å². The van der Waals surface area contributed by atoms with E-state index in [1.54, 1.807) is 7.11 Å². The second-order valence-electron chi connectivity index (χ2n) is 5.52. The third-order valence-electron chi connectivity index (χ3n) is 3.84. The van der Waals surface area contributed by atoms with Gasteiger partial charge in [0.1, 0.15) is 17.8 Å². The molecule has 0 amide bonds. The standard InChI is InChI=1S/C19H21N5O/c1-3-13-7-9-14(10-8-13)23-18-17(20)19(22-12-21-18)24-15-5-4-6-16(11-15)25-2/h4-12H,3,20H2,1-2H3,(H2,21,22,23,24). The summed E-state index contributed by atoms with van der Waals surface area (Å²) in [5.74, 6) is 1.85. The molecule has 0 spiro atoms. The van der Waals surface area contributed by atoms with Gasteiger partial charge >= 0.3 is 0 Å². The lowest BCUT2D eigenvalue weighted by atomic mass is 10.1. The summed E-state index contributed by atoms with van der Waals surface area (Å²) in [7, 11) is 1.63. The number of aryl methyl sites for hydroxylation is 1. The minimum absolute atomic E-state index is 0.449. The fraction of sp³-hybridized carbons (Fsp3) is 0.158. The van der Waals surface area contributed by atoms with E-state index < -0.39 is 0 Å². The van der Waals surface area contributed by atoms with Crippen LogP contribution in [0, 0.1) is 0 Å². The van der Waals surface area contributed by atoms with Crippen LogP contribution in [-0.2, 0) is 6.42 Å². The molecule has 0 aliphatic heterocycles. The van der Waals surface area contributed by atoms with Gasteiger partial charge in [-0.3, -0.25) is 0 Å². The van der Waals surface area contributed by atoms with Gasteiger partial charge in [-0.25, -0.2) is 9.97 Å². The number of aromatic nitrogens is 2. The van der Waals surface area contributed by atoms with Crippen LogP contribution >= 0.6 is 0 Å². The Morgan fingerprint density at radius 3 is 2.28 bits per heavy atom. The largest absolute Gasteiger partial charge is 0.497 e. The van der Waals surface area contributed by atoms with Crippen molar-refractivity contribution >= 4 is 28.7 Å². The molecule has 3 rings (SSSR count). The van der Waals surface area contributed by atoms with Crippen LogP contribution in [0.15, 0.2) is 54.9 Å². The van der Waals surface area contributed by atoms with Gasteiger partial charge in [0.15, 0.2) is 11.6 Å². The fourth-order valence-electron chi connectivity index (χ4n) is 2.39. The Morgan fingerprint density at radius 1 is 0.960 bits per heavy atom. The highest BCUT2D eigenvalue weighted by molar-refractivity contribution is 5.80. The van der Waals surface area contributed by atoms with Crippen molar-refractivity contribution in [1.29, 1.82) is 0 Å². The van der Waals surface area contributed by atoms with Gasteiger partial charge in [-0.1, -0.05) is 25.1 Å². The molecule has 0 saturated heterocycles. The number of nitrogens with two attached hydrogens (primary N) is 1. The Kier molecular flexibility index (Phi) is 4.99. The Hall–Kier alpha value is -3.28. The minimum Gasteiger partial charge on any atom is -0.497 e. The second-order valence-corrected chi connectivity index (χ2v) is 5.52. The number of hydrogen-bond acceptors (Lipinski definition) is 6. The van der Waals surface area contributed by atoms with E-state index in [0.717, 1.165) is 23.5 Å². The number of nitrogens with one attached hydrogen (secondary N) is 2. The summed E-state index contributed by atoms with van der Waals surface area (Å²) in [4.78, 5) is 8.47. The molecule has 0 aliphatic carbocycles.